The maximum atomic E-state index is 13.1. The standard InChI is InChI=1S/C23H33N5O5S.C11H10.C2H6/c1-15-10-16(15)11-20(30)26-13-21(31)28(2)19(12-17-6-5-9-34-17)23(33)27-18(22(24)32)7-3-4-8-25-14-29;1-9-6-7-10-4-2-3-5-11(10)8-9;1-2/h5-6,9,11,14-15,18-19H,3-4,7-8,10,12-13H2,1-2H3,(H2,24,32)(H,25,29)(H,26,30)(H,27,33);2-8H,1H3;1-2H3/b16-11+;;. The van der Waals surface area contributed by atoms with Crippen LogP contribution in [0.3, 0.4) is 0 Å². The molecule has 0 bridgehead atoms. The molecule has 0 saturated heterocycles. The van der Waals surface area contributed by atoms with Gasteiger partial charge < -0.3 is 26.6 Å². The van der Waals surface area contributed by atoms with Gasteiger partial charge in [-0.15, -0.1) is 11.3 Å². The number of fused-ring (bicyclic) bond motifs is 1. The summed E-state index contributed by atoms with van der Waals surface area (Å²) in [5, 5.41) is 12.3. The molecule has 4 rings (SSSR count). The van der Waals surface area contributed by atoms with Gasteiger partial charge in [0.2, 0.25) is 30.0 Å². The fraction of sp³-hybridized carbons (Fsp3) is 0.417. The molecule has 1 fully saturated rings. The summed E-state index contributed by atoms with van der Waals surface area (Å²) >= 11 is 1.45. The summed E-state index contributed by atoms with van der Waals surface area (Å²) in [5.41, 5.74) is 7.85. The quantitative estimate of drug-likeness (QED) is 0.109. The summed E-state index contributed by atoms with van der Waals surface area (Å²) in [4.78, 5) is 62.3. The number of hydrogen-bond donors (Lipinski definition) is 4. The maximum Gasteiger partial charge on any atom is 0.244 e. The Morgan fingerprint density at radius 3 is 2.36 bits per heavy atom. The second-order valence-corrected chi connectivity index (χ2v) is 12.3. The van der Waals surface area contributed by atoms with Crippen molar-refractivity contribution in [1.82, 2.24) is 20.9 Å². The van der Waals surface area contributed by atoms with Crippen molar-refractivity contribution in [3.05, 3.63) is 82.1 Å². The van der Waals surface area contributed by atoms with Gasteiger partial charge in [0.1, 0.15) is 12.1 Å². The third kappa shape index (κ3) is 13.8. The highest BCUT2D eigenvalue weighted by molar-refractivity contribution is 7.09. The van der Waals surface area contributed by atoms with Crippen molar-refractivity contribution in [2.24, 2.45) is 11.7 Å². The molecular weight excluding hydrogens is 614 g/mol. The number of rotatable bonds is 15. The Bertz CT molecular complexity index is 1490. The van der Waals surface area contributed by atoms with E-state index in [1.807, 2.05) is 38.3 Å². The first-order valence-electron chi connectivity index (χ1n) is 16.1. The van der Waals surface area contributed by atoms with Gasteiger partial charge in [-0.3, -0.25) is 24.0 Å². The van der Waals surface area contributed by atoms with Crippen LogP contribution in [0, 0.1) is 12.8 Å². The number of hydrogen-bond acceptors (Lipinski definition) is 6. The van der Waals surface area contributed by atoms with Crippen molar-refractivity contribution >= 4 is 52.1 Å². The highest BCUT2D eigenvalue weighted by atomic mass is 32.1. The largest absolute Gasteiger partial charge is 0.368 e. The zero-order valence-corrected chi connectivity index (χ0v) is 28.9. The molecule has 11 heteroatoms. The summed E-state index contributed by atoms with van der Waals surface area (Å²) in [6.45, 7) is 8.35. The monoisotopic (exact) mass is 663 g/mol. The molecule has 1 aromatic heterocycles. The van der Waals surface area contributed by atoms with E-state index in [0.717, 1.165) is 16.9 Å². The number of nitrogens with two attached hydrogens (primary N) is 1. The number of benzene rings is 2. The van der Waals surface area contributed by atoms with Crippen LogP contribution in [0.5, 0.6) is 0 Å². The lowest BCUT2D eigenvalue weighted by atomic mass is 10.1. The second-order valence-electron chi connectivity index (χ2n) is 11.2. The highest BCUT2D eigenvalue weighted by Gasteiger charge is 2.30. The van der Waals surface area contributed by atoms with E-state index in [9.17, 15) is 24.0 Å². The minimum absolute atomic E-state index is 0.245. The normalized spacial score (nSPS) is 15.1. The van der Waals surface area contributed by atoms with Gasteiger partial charge in [-0.25, -0.2) is 0 Å². The third-order valence-corrected chi connectivity index (χ3v) is 8.49. The van der Waals surface area contributed by atoms with Crippen LogP contribution in [0.1, 0.15) is 56.9 Å². The molecule has 1 saturated carbocycles. The van der Waals surface area contributed by atoms with E-state index in [1.165, 1.54) is 45.7 Å². The van der Waals surface area contributed by atoms with Crippen LogP contribution < -0.4 is 21.7 Å². The number of carbonyl (C=O) groups is 5. The number of unbranched alkanes of at least 4 members (excludes halogenated alkanes) is 1. The SMILES string of the molecule is CC.CC1C/C1=C\C(=O)NCC(=O)N(C)C(Cc1cccs1)C(=O)NC(CCCCNC=O)C(N)=O.Cc1ccc2ccccc2c1. The Balaban J connectivity index is 0.000000488. The number of aryl methyl sites for hydroxylation is 1. The average Bonchev–Trinajstić information content (AvgIpc) is 3.50. The molecule has 3 atom stereocenters. The number of nitrogens with one attached hydrogen (secondary N) is 3. The van der Waals surface area contributed by atoms with Gasteiger partial charge in [-0.05, 0) is 60.7 Å². The molecule has 3 aromatic rings. The minimum atomic E-state index is -0.898. The number of primary amides is 1. The Morgan fingerprint density at radius 2 is 1.74 bits per heavy atom. The van der Waals surface area contributed by atoms with E-state index in [-0.39, 0.29) is 18.9 Å². The van der Waals surface area contributed by atoms with Gasteiger partial charge in [-0.2, -0.15) is 0 Å². The number of allylic oxidation sites excluding steroid dienone is 1. The number of thiophene rings is 1. The van der Waals surface area contributed by atoms with Crippen LogP contribution >= 0.6 is 11.3 Å². The maximum absolute atomic E-state index is 13.1. The number of likely N-dealkylation sites (N-methyl/N-ethyl adjacent to an activating group) is 1. The second kappa shape index (κ2) is 20.6. The zero-order valence-electron chi connectivity index (χ0n) is 28.1. The van der Waals surface area contributed by atoms with E-state index in [1.54, 1.807) is 0 Å². The molecule has 5 N–H and O–H groups in total. The van der Waals surface area contributed by atoms with Crippen LogP contribution in [0.4, 0.5) is 0 Å². The molecule has 254 valence electrons. The van der Waals surface area contributed by atoms with Gasteiger partial charge in [0, 0.05) is 31.0 Å². The van der Waals surface area contributed by atoms with Gasteiger partial charge in [0.05, 0.1) is 6.54 Å². The summed E-state index contributed by atoms with van der Waals surface area (Å²) in [7, 11) is 1.50. The Kier molecular flexibility index (Phi) is 16.9. The number of carbonyl (C=O) groups excluding carboxylic acids is 5. The van der Waals surface area contributed by atoms with E-state index < -0.39 is 29.8 Å². The Hall–Kier alpha value is -4.51. The van der Waals surface area contributed by atoms with Gasteiger partial charge >= 0.3 is 0 Å². The lowest BCUT2D eigenvalue weighted by Crippen LogP contribution is -2.55. The van der Waals surface area contributed by atoms with Gasteiger partial charge in [0.15, 0.2) is 0 Å². The molecule has 5 amide bonds. The van der Waals surface area contributed by atoms with E-state index in [4.69, 9.17) is 5.73 Å². The average molecular weight is 664 g/mol. The van der Waals surface area contributed by atoms with Crippen LogP contribution in [0.25, 0.3) is 10.8 Å². The Morgan fingerprint density at radius 1 is 1.04 bits per heavy atom. The molecule has 3 unspecified atom stereocenters. The summed E-state index contributed by atoms with van der Waals surface area (Å²) in [6.07, 6.45) is 4.77. The summed E-state index contributed by atoms with van der Waals surface area (Å²) in [5.74, 6) is -1.53. The minimum Gasteiger partial charge on any atom is -0.368 e. The van der Waals surface area contributed by atoms with E-state index in [0.29, 0.717) is 38.1 Å². The lowest BCUT2D eigenvalue weighted by molar-refractivity contribution is -0.139. The van der Waals surface area contributed by atoms with Crippen molar-refractivity contribution in [1.29, 1.82) is 0 Å². The van der Waals surface area contributed by atoms with Crippen molar-refractivity contribution in [3.63, 3.8) is 0 Å². The Labute approximate surface area is 282 Å². The van der Waals surface area contributed by atoms with Gasteiger partial charge in [-0.1, -0.05) is 80.4 Å². The van der Waals surface area contributed by atoms with Crippen LogP contribution in [0.2, 0.25) is 0 Å². The highest BCUT2D eigenvalue weighted by Crippen LogP contribution is 2.36. The molecule has 1 heterocycles. The first-order valence-corrected chi connectivity index (χ1v) is 17.0. The molecule has 10 nitrogen and oxygen atoms in total. The molecule has 1 aliphatic carbocycles. The topological polar surface area (TPSA) is 151 Å². The molecule has 1 aliphatic rings. The molecular formula is C36H49N5O5S. The van der Waals surface area contributed by atoms with Crippen molar-refractivity contribution in [2.45, 2.75) is 71.9 Å². The predicted molar refractivity (Wildman–Crippen MR) is 189 cm³/mol. The van der Waals surface area contributed by atoms with Crippen LogP contribution in [-0.4, -0.2) is 67.2 Å². The summed E-state index contributed by atoms with van der Waals surface area (Å²) < 4.78 is 0. The number of nitrogens with zero attached hydrogens (tertiary/aromatic N) is 1. The molecule has 0 aliphatic heterocycles. The predicted octanol–water partition coefficient (Wildman–Crippen LogP) is 4.26. The molecule has 0 radical (unpaired) electrons. The first-order chi connectivity index (χ1) is 22.6. The van der Waals surface area contributed by atoms with Gasteiger partial charge in [0.25, 0.3) is 0 Å². The van der Waals surface area contributed by atoms with E-state index >= 15 is 0 Å². The number of amides is 5. The van der Waals surface area contributed by atoms with Crippen LogP contribution in [-0.2, 0) is 30.4 Å². The van der Waals surface area contributed by atoms with Crippen molar-refractivity contribution < 1.29 is 24.0 Å². The van der Waals surface area contributed by atoms with Crippen LogP contribution in [0.15, 0.2) is 71.6 Å². The van der Waals surface area contributed by atoms with Crippen molar-refractivity contribution in [3.8, 4) is 0 Å². The molecule has 2 aromatic carbocycles. The van der Waals surface area contributed by atoms with Crippen molar-refractivity contribution in [2.75, 3.05) is 20.1 Å². The fourth-order valence-electron chi connectivity index (χ4n) is 4.70. The third-order valence-electron chi connectivity index (χ3n) is 7.60. The molecule has 47 heavy (non-hydrogen) atoms. The smallest absolute Gasteiger partial charge is 0.244 e. The molecule has 0 spiro atoms. The zero-order chi connectivity index (χ0) is 34.8. The fourth-order valence-corrected chi connectivity index (χ4v) is 5.44. The van der Waals surface area contributed by atoms with E-state index in [2.05, 4.69) is 65.3 Å². The lowest BCUT2D eigenvalue weighted by Gasteiger charge is -2.28. The summed E-state index contributed by atoms with van der Waals surface area (Å²) in [6, 6.07) is 16.8. The first kappa shape index (κ1) is 38.7.